The zero-order valence-electron chi connectivity index (χ0n) is 9.37. The van der Waals surface area contributed by atoms with E-state index in [0.717, 1.165) is 38.9 Å². The molecule has 1 aliphatic heterocycles. The van der Waals surface area contributed by atoms with E-state index in [9.17, 15) is 5.11 Å². The Hall–Kier alpha value is -0.120. The van der Waals surface area contributed by atoms with Gasteiger partial charge in [-0.05, 0) is 52.1 Å². The maximum absolute atomic E-state index is 9.58. The minimum absolute atomic E-state index is 0.333. The van der Waals surface area contributed by atoms with Crippen LogP contribution < -0.4 is 0 Å². The summed E-state index contributed by atoms with van der Waals surface area (Å²) < 4.78 is 0. The third-order valence-corrected chi connectivity index (χ3v) is 3.01. The van der Waals surface area contributed by atoms with E-state index in [1.807, 2.05) is 13.8 Å². The SMILES string of the molecule is CC(C)(O)CCN1CCC(CO)CC1. The number of likely N-dealkylation sites (tertiary alicyclic amines) is 1. The largest absolute Gasteiger partial charge is 0.396 e. The Labute approximate surface area is 86.7 Å². The van der Waals surface area contributed by atoms with E-state index >= 15 is 0 Å². The summed E-state index contributed by atoms with van der Waals surface area (Å²) in [6.45, 7) is 7.16. The van der Waals surface area contributed by atoms with Crippen molar-refractivity contribution in [2.24, 2.45) is 5.92 Å². The van der Waals surface area contributed by atoms with Gasteiger partial charge in [0.15, 0.2) is 0 Å². The Balaban J connectivity index is 2.16. The minimum Gasteiger partial charge on any atom is -0.396 e. The van der Waals surface area contributed by atoms with Crippen molar-refractivity contribution in [3.8, 4) is 0 Å². The maximum Gasteiger partial charge on any atom is 0.0603 e. The summed E-state index contributed by atoms with van der Waals surface area (Å²) >= 11 is 0. The molecule has 0 spiro atoms. The first-order valence-corrected chi connectivity index (χ1v) is 5.57. The predicted molar refractivity (Wildman–Crippen MR) is 57.2 cm³/mol. The number of nitrogens with zero attached hydrogens (tertiary/aromatic N) is 1. The van der Waals surface area contributed by atoms with E-state index < -0.39 is 5.60 Å². The van der Waals surface area contributed by atoms with Crippen molar-refractivity contribution in [1.82, 2.24) is 4.90 Å². The molecule has 0 aliphatic carbocycles. The van der Waals surface area contributed by atoms with Crippen LogP contribution in [0.2, 0.25) is 0 Å². The summed E-state index contributed by atoms with van der Waals surface area (Å²) in [5, 5.41) is 18.6. The molecular formula is C11H23NO2. The number of aliphatic hydroxyl groups is 2. The highest BCUT2D eigenvalue weighted by atomic mass is 16.3. The molecule has 0 aromatic heterocycles. The smallest absolute Gasteiger partial charge is 0.0603 e. The number of hydrogen-bond donors (Lipinski definition) is 2. The minimum atomic E-state index is -0.548. The van der Waals surface area contributed by atoms with Crippen LogP contribution in [-0.4, -0.2) is 47.0 Å². The molecule has 1 fully saturated rings. The topological polar surface area (TPSA) is 43.7 Å². The average molecular weight is 201 g/mol. The van der Waals surface area contributed by atoms with Crippen molar-refractivity contribution >= 4 is 0 Å². The molecule has 2 N–H and O–H groups in total. The van der Waals surface area contributed by atoms with E-state index in [0.29, 0.717) is 12.5 Å². The number of piperidine rings is 1. The van der Waals surface area contributed by atoms with Crippen molar-refractivity contribution in [3.63, 3.8) is 0 Å². The summed E-state index contributed by atoms with van der Waals surface area (Å²) in [5.74, 6) is 0.508. The van der Waals surface area contributed by atoms with Gasteiger partial charge in [-0.25, -0.2) is 0 Å². The number of hydrogen-bond acceptors (Lipinski definition) is 3. The Morgan fingerprint density at radius 2 is 1.86 bits per heavy atom. The molecule has 0 atom stereocenters. The lowest BCUT2D eigenvalue weighted by atomic mass is 9.97. The summed E-state index contributed by atoms with van der Waals surface area (Å²) in [4.78, 5) is 2.38. The first-order valence-electron chi connectivity index (χ1n) is 5.57. The lowest BCUT2D eigenvalue weighted by molar-refractivity contribution is 0.0489. The fourth-order valence-electron chi connectivity index (χ4n) is 1.82. The van der Waals surface area contributed by atoms with Crippen molar-refractivity contribution in [1.29, 1.82) is 0 Å². The molecule has 0 radical (unpaired) electrons. The molecule has 1 rings (SSSR count). The fourth-order valence-corrected chi connectivity index (χ4v) is 1.82. The van der Waals surface area contributed by atoms with Gasteiger partial charge in [0.05, 0.1) is 5.60 Å². The van der Waals surface area contributed by atoms with Gasteiger partial charge >= 0.3 is 0 Å². The van der Waals surface area contributed by atoms with Crippen molar-refractivity contribution in [3.05, 3.63) is 0 Å². The molecule has 0 aromatic rings. The molecule has 14 heavy (non-hydrogen) atoms. The van der Waals surface area contributed by atoms with Crippen LogP contribution in [-0.2, 0) is 0 Å². The van der Waals surface area contributed by atoms with Crippen LogP contribution in [0.1, 0.15) is 33.1 Å². The molecule has 0 unspecified atom stereocenters. The van der Waals surface area contributed by atoms with Crippen molar-refractivity contribution in [2.75, 3.05) is 26.2 Å². The normalized spacial score (nSPS) is 21.4. The van der Waals surface area contributed by atoms with Gasteiger partial charge < -0.3 is 15.1 Å². The second-order valence-electron chi connectivity index (χ2n) is 5.03. The quantitative estimate of drug-likeness (QED) is 0.709. The second kappa shape index (κ2) is 5.10. The fraction of sp³-hybridized carbons (Fsp3) is 1.00. The van der Waals surface area contributed by atoms with Gasteiger partial charge in [0, 0.05) is 13.2 Å². The summed E-state index contributed by atoms with van der Waals surface area (Å²) in [6.07, 6.45) is 3.03. The molecule has 1 saturated heterocycles. The highest BCUT2D eigenvalue weighted by Gasteiger charge is 2.20. The molecule has 1 aliphatic rings. The van der Waals surface area contributed by atoms with Crippen LogP contribution in [0.15, 0.2) is 0 Å². The van der Waals surface area contributed by atoms with Gasteiger partial charge in [0.2, 0.25) is 0 Å². The Bertz CT molecular complexity index is 157. The van der Waals surface area contributed by atoms with Crippen LogP contribution in [0.25, 0.3) is 0 Å². The van der Waals surface area contributed by atoms with E-state index in [1.54, 1.807) is 0 Å². The van der Waals surface area contributed by atoms with Gasteiger partial charge in [-0.3, -0.25) is 0 Å². The van der Waals surface area contributed by atoms with Gasteiger partial charge in [-0.2, -0.15) is 0 Å². The Morgan fingerprint density at radius 1 is 1.29 bits per heavy atom. The zero-order valence-corrected chi connectivity index (χ0v) is 9.37. The molecule has 84 valence electrons. The Kier molecular flexibility index (Phi) is 4.35. The molecule has 0 amide bonds. The molecule has 0 aromatic carbocycles. The standard InChI is InChI=1S/C11H23NO2/c1-11(2,14)5-8-12-6-3-10(9-13)4-7-12/h10,13-14H,3-9H2,1-2H3. The van der Waals surface area contributed by atoms with Crippen molar-refractivity contribution in [2.45, 2.75) is 38.7 Å². The van der Waals surface area contributed by atoms with Gasteiger partial charge in [-0.1, -0.05) is 0 Å². The molecule has 0 saturated carbocycles. The van der Waals surface area contributed by atoms with E-state index in [1.165, 1.54) is 0 Å². The predicted octanol–water partition coefficient (Wildman–Crippen LogP) is 0.852. The number of rotatable bonds is 4. The lowest BCUT2D eigenvalue weighted by Gasteiger charge is -2.32. The summed E-state index contributed by atoms with van der Waals surface area (Å²) in [5.41, 5.74) is -0.548. The highest BCUT2D eigenvalue weighted by Crippen LogP contribution is 2.17. The van der Waals surface area contributed by atoms with Crippen LogP contribution in [0, 0.1) is 5.92 Å². The third-order valence-electron chi connectivity index (χ3n) is 3.01. The summed E-state index contributed by atoms with van der Waals surface area (Å²) in [6, 6.07) is 0. The van der Waals surface area contributed by atoms with Crippen molar-refractivity contribution < 1.29 is 10.2 Å². The molecule has 1 heterocycles. The Morgan fingerprint density at radius 3 is 2.29 bits per heavy atom. The van der Waals surface area contributed by atoms with Crippen LogP contribution in [0.4, 0.5) is 0 Å². The third kappa shape index (κ3) is 4.40. The van der Waals surface area contributed by atoms with Gasteiger partial charge in [0.25, 0.3) is 0 Å². The molecule has 0 bridgehead atoms. The summed E-state index contributed by atoms with van der Waals surface area (Å²) in [7, 11) is 0. The van der Waals surface area contributed by atoms with Crippen LogP contribution in [0.3, 0.4) is 0 Å². The van der Waals surface area contributed by atoms with E-state index in [-0.39, 0.29) is 0 Å². The molecular weight excluding hydrogens is 178 g/mol. The second-order valence-corrected chi connectivity index (χ2v) is 5.03. The molecule has 3 nitrogen and oxygen atoms in total. The lowest BCUT2D eigenvalue weighted by Crippen LogP contribution is -2.37. The maximum atomic E-state index is 9.58. The first-order chi connectivity index (χ1) is 6.51. The zero-order chi connectivity index (χ0) is 10.6. The molecule has 3 heteroatoms. The monoisotopic (exact) mass is 201 g/mol. The van der Waals surface area contributed by atoms with E-state index in [2.05, 4.69) is 4.90 Å². The van der Waals surface area contributed by atoms with Crippen LogP contribution in [0.5, 0.6) is 0 Å². The first kappa shape index (κ1) is 12.0. The van der Waals surface area contributed by atoms with E-state index in [4.69, 9.17) is 5.11 Å². The van der Waals surface area contributed by atoms with Gasteiger partial charge in [0.1, 0.15) is 0 Å². The number of aliphatic hydroxyl groups excluding tert-OH is 1. The van der Waals surface area contributed by atoms with Crippen LogP contribution >= 0.6 is 0 Å². The highest BCUT2D eigenvalue weighted by molar-refractivity contribution is 4.74. The van der Waals surface area contributed by atoms with Gasteiger partial charge in [-0.15, -0.1) is 0 Å². The average Bonchev–Trinajstić information content (AvgIpc) is 2.14.